The molecule has 1 aromatic heterocycles. The molecule has 1 amide bonds. The summed E-state index contributed by atoms with van der Waals surface area (Å²) < 4.78 is 5.42. The first kappa shape index (κ1) is 18.4. The van der Waals surface area contributed by atoms with Crippen LogP contribution in [0.2, 0.25) is 5.02 Å². The number of aromatic nitrogens is 2. The van der Waals surface area contributed by atoms with Crippen molar-refractivity contribution < 1.29 is 9.32 Å². The lowest BCUT2D eigenvalue weighted by Gasteiger charge is -2.31. The van der Waals surface area contributed by atoms with Crippen molar-refractivity contribution in [2.24, 2.45) is 5.92 Å². The molecule has 2 heterocycles. The Balaban J connectivity index is 1.35. The average Bonchev–Trinajstić information content (AvgIpc) is 3.34. The van der Waals surface area contributed by atoms with Gasteiger partial charge in [-0.25, -0.2) is 0 Å². The van der Waals surface area contributed by atoms with Crippen molar-refractivity contribution in [3.05, 3.63) is 35.2 Å². The minimum Gasteiger partial charge on any atom is -0.353 e. The third-order valence-corrected chi connectivity index (χ3v) is 5.85. The first-order valence-electron chi connectivity index (χ1n) is 9.79. The highest BCUT2D eigenvalue weighted by atomic mass is 35.5. The van der Waals surface area contributed by atoms with Crippen LogP contribution in [0.3, 0.4) is 0 Å². The fourth-order valence-corrected chi connectivity index (χ4v) is 4.28. The van der Waals surface area contributed by atoms with Gasteiger partial charge in [-0.2, -0.15) is 4.98 Å². The fourth-order valence-electron chi connectivity index (χ4n) is 4.06. The molecule has 0 bridgehead atoms. The van der Waals surface area contributed by atoms with Crippen LogP contribution in [0, 0.1) is 5.92 Å². The second kappa shape index (κ2) is 8.40. The quantitative estimate of drug-likeness (QED) is 0.846. The summed E-state index contributed by atoms with van der Waals surface area (Å²) in [5.41, 5.74) is 0.765. The van der Waals surface area contributed by atoms with Crippen LogP contribution in [0.15, 0.2) is 28.8 Å². The zero-order chi connectivity index (χ0) is 18.6. The van der Waals surface area contributed by atoms with E-state index in [4.69, 9.17) is 16.1 Å². The summed E-state index contributed by atoms with van der Waals surface area (Å²) in [5, 5.41) is 7.90. The first-order valence-corrected chi connectivity index (χ1v) is 10.2. The second-order valence-corrected chi connectivity index (χ2v) is 7.96. The molecule has 2 aromatic rings. The molecular formula is C20H25ClN4O2. The van der Waals surface area contributed by atoms with Crippen molar-refractivity contribution in [1.82, 2.24) is 20.4 Å². The highest BCUT2D eigenvalue weighted by molar-refractivity contribution is 6.33. The van der Waals surface area contributed by atoms with Crippen LogP contribution in [0.5, 0.6) is 0 Å². The molecule has 1 N–H and O–H groups in total. The minimum atomic E-state index is 0.0466. The SMILES string of the molecule is O=C(NC1CCCC1)C1CCCN(Cc2nc(-c3ccccc3Cl)no2)C1. The van der Waals surface area contributed by atoms with Gasteiger partial charge in [0.25, 0.3) is 0 Å². The van der Waals surface area contributed by atoms with Gasteiger partial charge in [0.1, 0.15) is 0 Å². The Morgan fingerprint density at radius 1 is 1.22 bits per heavy atom. The minimum absolute atomic E-state index is 0.0466. The monoisotopic (exact) mass is 388 g/mol. The lowest BCUT2D eigenvalue weighted by molar-refractivity contribution is -0.127. The molecule has 2 fully saturated rings. The van der Waals surface area contributed by atoms with E-state index >= 15 is 0 Å². The number of nitrogens with one attached hydrogen (secondary N) is 1. The molecule has 1 aliphatic heterocycles. The first-order chi connectivity index (χ1) is 13.2. The predicted molar refractivity (Wildman–Crippen MR) is 103 cm³/mol. The number of piperidine rings is 1. The molecule has 2 aliphatic rings. The number of hydrogen-bond acceptors (Lipinski definition) is 5. The van der Waals surface area contributed by atoms with Crippen molar-refractivity contribution in [1.29, 1.82) is 0 Å². The number of nitrogens with zero attached hydrogens (tertiary/aromatic N) is 3. The molecule has 27 heavy (non-hydrogen) atoms. The summed E-state index contributed by atoms with van der Waals surface area (Å²) in [4.78, 5) is 19.3. The highest BCUT2D eigenvalue weighted by Crippen LogP contribution is 2.26. The Bertz CT molecular complexity index is 788. The summed E-state index contributed by atoms with van der Waals surface area (Å²) in [6.45, 7) is 2.24. The average molecular weight is 389 g/mol. The number of carbonyl (C=O) groups excluding carboxylic acids is 1. The van der Waals surface area contributed by atoms with Crippen LogP contribution in [-0.2, 0) is 11.3 Å². The van der Waals surface area contributed by atoms with Gasteiger partial charge in [0.05, 0.1) is 17.5 Å². The fraction of sp³-hybridized carbons (Fsp3) is 0.550. The summed E-state index contributed by atoms with van der Waals surface area (Å²) >= 11 is 6.21. The summed E-state index contributed by atoms with van der Waals surface area (Å²) in [6.07, 6.45) is 6.65. The molecule has 6 nitrogen and oxygen atoms in total. The van der Waals surface area contributed by atoms with Gasteiger partial charge >= 0.3 is 0 Å². The lowest BCUT2D eigenvalue weighted by Crippen LogP contribution is -2.45. The van der Waals surface area contributed by atoms with Crippen LogP contribution in [0.1, 0.15) is 44.4 Å². The summed E-state index contributed by atoms with van der Waals surface area (Å²) in [5.74, 6) is 1.31. The van der Waals surface area contributed by atoms with Gasteiger partial charge < -0.3 is 9.84 Å². The van der Waals surface area contributed by atoms with E-state index in [0.717, 1.165) is 44.3 Å². The maximum Gasteiger partial charge on any atom is 0.241 e. The molecule has 1 aliphatic carbocycles. The van der Waals surface area contributed by atoms with Gasteiger partial charge in [0.15, 0.2) is 0 Å². The van der Waals surface area contributed by atoms with Crippen LogP contribution in [0.4, 0.5) is 0 Å². The van der Waals surface area contributed by atoms with E-state index in [1.165, 1.54) is 12.8 Å². The molecule has 1 unspecified atom stereocenters. The van der Waals surface area contributed by atoms with E-state index in [2.05, 4.69) is 20.4 Å². The van der Waals surface area contributed by atoms with Crippen molar-refractivity contribution >= 4 is 17.5 Å². The largest absolute Gasteiger partial charge is 0.353 e. The van der Waals surface area contributed by atoms with Gasteiger partial charge in [-0.15, -0.1) is 0 Å². The number of likely N-dealkylation sites (tertiary alicyclic amines) is 1. The highest BCUT2D eigenvalue weighted by Gasteiger charge is 2.29. The summed E-state index contributed by atoms with van der Waals surface area (Å²) in [7, 11) is 0. The Kier molecular flexibility index (Phi) is 5.74. The Labute approximate surface area is 164 Å². The molecular weight excluding hydrogens is 364 g/mol. The smallest absolute Gasteiger partial charge is 0.241 e. The van der Waals surface area contributed by atoms with Crippen molar-refractivity contribution in [3.63, 3.8) is 0 Å². The maximum atomic E-state index is 12.6. The van der Waals surface area contributed by atoms with E-state index < -0.39 is 0 Å². The van der Waals surface area contributed by atoms with Crippen LogP contribution >= 0.6 is 11.6 Å². The standard InChI is InChI=1S/C20H25ClN4O2/c21-17-10-4-3-9-16(17)19-23-18(27-24-19)13-25-11-5-6-14(12-25)20(26)22-15-7-1-2-8-15/h3-4,9-10,14-15H,1-2,5-8,11-13H2,(H,22,26). The predicted octanol–water partition coefficient (Wildman–Crippen LogP) is 3.66. The van der Waals surface area contributed by atoms with Crippen molar-refractivity contribution in [2.45, 2.75) is 51.1 Å². The zero-order valence-corrected chi connectivity index (χ0v) is 16.1. The molecule has 7 heteroatoms. The third kappa shape index (κ3) is 4.50. The topological polar surface area (TPSA) is 71.3 Å². The van der Waals surface area contributed by atoms with E-state index in [9.17, 15) is 4.79 Å². The molecule has 1 aromatic carbocycles. The number of benzene rings is 1. The molecule has 0 radical (unpaired) electrons. The zero-order valence-electron chi connectivity index (χ0n) is 15.4. The molecule has 144 valence electrons. The molecule has 1 saturated heterocycles. The van der Waals surface area contributed by atoms with Gasteiger partial charge in [-0.05, 0) is 44.4 Å². The van der Waals surface area contributed by atoms with E-state index in [1.54, 1.807) is 0 Å². The van der Waals surface area contributed by atoms with Crippen LogP contribution in [-0.4, -0.2) is 40.1 Å². The Morgan fingerprint density at radius 3 is 2.85 bits per heavy atom. The van der Waals surface area contributed by atoms with Crippen molar-refractivity contribution in [3.8, 4) is 11.4 Å². The van der Waals surface area contributed by atoms with Gasteiger partial charge in [-0.3, -0.25) is 9.69 Å². The number of halogens is 1. The number of carbonyl (C=O) groups is 1. The third-order valence-electron chi connectivity index (χ3n) is 5.52. The number of amides is 1. The molecule has 0 spiro atoms. The van der Waals surface area contributed by atoms with Crippen LogP contribution in [0.25, 0.3) is 11.4 Å². The van der Waals surface area contributed by atoms with E-state index in [0.29, 0.717) is 29.3 Å². The molecule has 4 rings (SSSR count). The lowest BCUT2D eigenvalue weighted by atomic mass is 9.96. The second-order valence-electron chi connectivity index (χ2n) is 7.56. The van der Waals surface area contributed by atoms with Crippen LogP contribution < -0.4 is 5.32 Å². The van der Waals surface area contributed by atoms with Gasteiger partial charge in [0.2, 0.25) is 17.6 Å². The van der Waals surface area contributed by atoms with E-state index in [-0.39, 0.29) is 11.8 Å². The molecule has 1 atom stereocenters. The normalized spacial score (nSPS) is 21.4. The summed E-state index contributed by atoms with van der Waals surface area (Å²) in [6, 6.07) is 7.83. The maximum absolute atomic E-state index is 12.6. The number of rotatable bonds is 5. The molecule has 1 saturated carbocycles. The Hall–Kier alpha value is -1.92. The van der Waals surface area contributed by atoms with Crippen molar-refractivity contribution in [2.75, 3.05) is 13.1 Å². The number of hydrogen-bond donors (Lipinski definition) is 1. The van der Waals surface area contributed by atoms with Gasteiger partial charge in [-0.1, -0.05) is 41.7 Å². The van der Waals surface area contributed by atoms with Gasteiger partial charge in [0, 0.05) is 18.2 Å². The van der Waals surface area contributed by atoms with E-state index in [1.807, 2.05) is 24.3 Å². The Morgan fingerprint density at radius 2 is 2.04 bits per heavy atom.